The molecule has 0 fully saturated rings. The summed E-state index contributed by atoms with van der Waals surface area (Å²) in [5.74, 6) is 0. The summed E-state index contributed by atoms with van der Waals surface area (Å²) in [5, 5.41) is 0. The van der Waals surface area contributed by atoms with E-state index in [0.717, 1.165) is 0 Å². The maximum Gasteiger partial charge on any atom is 0.311 e. The Hall–Kier alpha value is -0.790. The second-order valence-electron chi connectivity index (χ2n) is 0.761. The van der Waals surface area contributed by atoms with E-state index < -0.39 is 0 Å². The molecule has 0 unspecified atom stereocenters. The molecule has 0 bridgehead atoms. The van der Waals surface area contributed by atoms with Crippen LogP contribution in [0, 0.1) is 0 Å². The molecule has 1 aromatic heterocycles. The third-order valence-electron chi connectivity index (χ3n) is 0.406. The molecular weight excluding hydrogens is 64.0 g/mol. The SMILES string of the molecule is [2H][n+]1cc[nH]c1. The predicted molar refractivity (Wildman–Crippen MR) is 17.3 cm³/mol. The molecular formula is C3H5N2+. The number of hydrogen-bond acceptors (Lipinski definition) is 0. The predicted octanol–water partition coefficient (Wildman–Crippen LogP) is -0.171. The van der Waals surface area contributed by atoms with Crippen LogP contribution in [0.1, 0.15) is 0 Å². The lowest BCUT2D eigenvalue weighted by Gasteiger charge is -1.37. The van der Waals surface area contributed by atoms with Gasteiger partial charge < -0.3 is 0 Å². The number of imidazole rings is 1. The van der Waals surface area contributed by atoms with Crippen molar-refractivity contribution in [1.82, 2.24) is 4.98 Å². The quantitative estimate of drug-likeness (QED) is 0.439. The molecule has 0 spiro atoms. The summed E-state index contributed by atoms with van der Waals surface area (Å²) < 4.78 is 6.76. The van der Waals surface area contributed by atoms with Gasteiger partial charge in [-0.2, -0.15) is 0 Å². The van der Waals surface area contributed by atoms with Crippen molar-refractivity contribution >= 4 is 0 Å². The molecule has 0 saturated heterocycles. The zero-order valence-electron chi connectivity index (χ0n) is 3.68. The average molecular weight is 70.1 g/mol. The third kappa shape index (κ3) is 0.265. The molecule has 5 heavy (non-hydrogen) atoms. The van der Waals surface area contributed by atoms with Crippen molar-refractivity contribution < 1.29 is 6.39 Å². The first kappa shape index (κ1) is 1.60. The maximum atomic E-state index is 6.76. The minimum atomic E-state index is 1.19. The average Bonchev–Trinajstić information content (AvgIpc) is 1.86. The van der Waals surface area contributed by atoms with Crippen molar-refractivity contribution in [2.75, 3.05) is 0 Å². The third-order valence-corrected chi connectivity index (χ3v) is 0.406. The van der Waals surface area contributed by atoms with Crippen LogP contribution >= 0.6 is 0 Å². The van der Waals surface area contributed by atoms with Gasteiger partial charge in [-0.3, -0.25) is 9.96 Å². The van der Waals surface area contributed by atoms with E-state index in [4.69, 9.17) is 1.41 Å². The van der Waals surface area contributed by atoms with Crippen LogP contribution in [0.5, 0.6) is 0 Å². The van der Waals surface area contributed by atoms with E-state index in [-0.39, 0.29) is 0 Å². The second-order valence-corrected chi connectivity index (χ2v) is 0.761. The highest BCUT2D eigenvalue weighted by molar-refractivity contribution is 4.52. The highest BCUT2D eigenvalue weighted by atomic mass is 14.8. The van der Waals surface area contributed by atoms with Crippen molar-refractivity contribution in [2.24, 2.45) is 0 Å². The molecule has 0 radical (unpaired) electrons. The van der Waals surface area contributed by atoms with Gasteiger partial charge in [-0.15, -0.1) is 0 Å². The number of aromatic amines is 2. The van der Waals surface area contributed by atoms with Crippen LogP contribution in [0.15, 0.2) is 18.7 Å². The van der Waals surface area contributed by atoms with Crippen LogP contribution in [0.25, 0.3) is 0 Å². The van der Waals surface area contributed by atoms with Crippen molar-refractivity contribution in [3.63, 3.8) is 0 Å². The van der Waals surface area contributed by atoms with Gasteiger partial charge in [0.2, 0.25) is 6.33 Å². The Labute approximate surface area is 31.3 Å². The van der Waals surface area contributed by atoms with Gasteiger partial charge in [0.25, 0.3) is 0 Å². The number of aromatic nitrogens is 2. The van der Waals surface area contributed by atoms with Crippen molar-refractivity contribution in [2.45, 2.75) is 0 Å². The van der Waals surface area contributed by atoms with Gasteiger partial charge in [-0.25, -0.2) is 0 Å². The van der Waals surface area contributed by atoms with Gasteiger partial charge in [-0.05, 0) is 0 Å². The standard InChI is InChI=1S/C3H4N2/c1-2-5-3-4-1/h1-3H,(H,4,5)/p+1/i/hD. The Morgan fingerprint density at radius 3 is 3.20 bits per heavy atom. The molecule has 2 N–H and O–H groups in total. The molecule has 1 rings (SSSR count). The van der Waals surface area contributed by atoms with Crippen LogP contribution in [-0.4, -0.2) is 4.98 Å². The first-order valence-electron chi connectivity index (χ1n) is 1.87. The lowest BCUT2D eigenvalue weighted by molar-refractivity contribution is -0.375. The lowest BCUT2D eigenvalue weighted by Crippen LogP contribution is -1.87. The monoisotopic (exact) mass is 70.1 g/mol. The van der Waals surface area contributed by atoms with Crippen LogP contribution < -0.4 is 4.98 Å². The van der Waals surface area contributed by atoms with Gasteiger partial charge in [-0.1, -0.05) is 0 Å². The van der Waals surface area contributed by atoms with E-state index in [0.29, 0.717) is 0 Å². The van der Waals surface area contributed by atoms with Gasteiger partial charge in [0, 0.05) is 0 Å². The molecule has 2 heteroatoms. The van der Waals surface area contributed by atoms with E-state index >= 15 is 0 Å². The number of rotatable bonds is 0. The highest BCUT2D eigenvalue weighted by Gasteiger charge is 1.65. The second kappa shape index (κ2) is 0.885. The molecule has 1 heterocycles. The molecule has 0 aromatic carbocycles. The molecule has 0 aliphatic rings. The molecule has 0 aliphatic heterocycles. The summed E-state index contributed by atoms with van der Waals surface area (Å²) in [4.78, 5) is 3.90. The van der Waals surface area contributed by atoms with E-state index in [2.05, 4.69) is 4.98 Å². The van der Waals surface area contributed by atoms with Crippen LogP contribution in [0.4, 0.5) is 0 Å². The summed E-state index contributed by atoms with van der Waals surface area (Å²) in [6.07, 6.45) is 4.84. The van der Waals surface area contributed by atoms with E-state index in [1.54, 1.807) is 18.7 Å². The van der Waals surface area contributed by atoms with Crippen LogP contribution in [0.2, 0.25) is 1.41 Å². The topological polar surface area (TPSA) is 29.9 Å². The summed E-state index contributed by atoms with van der Waals surface area (Å²) >= 11 is 0. The van der Waals surface area contributed by atoms with Gasteiger partial charge in [0.15, 0.2) is 0 Å². The lowest BCUT2D eigenvalue weighted by atomic mass is 11.0. The van der Waals surface area contributed by atoms with Crippen molar-refractivity contribution in [1.29, 1.82) is 0 Å². The van der Waals surface area contributed by atoms with Gasteiger partial charge >= 0.3 is 1.41 Å². The molecule has 0 aliphatic carbocycles. The largest absolute Gasteiger partial charge is 0.311 e. The molecule has 0 atom stereocenters. The Balaban J connectivity index is 3.05. The van der Waals surface area contributed by atoms with Crippen molar-refractivity contribution in [3.8, 4) is 0 Å². The molecule has 1 aromatic rings. The minimum Gasteiger partial charge on any atom is -0.250 e. The first-order chi connectivity index (χ1) is 2.89. The fourth-order valence-electron chi connectivity index (χ4n) is 0.215. The fraction of sp³-hybridized carbons (Fsp3) is 0. The number of H-pyrrole nitrogens is 2. The van der Waals surface area contributed by atoms with Crippen LogP contribution in [0.3, 0.4) is 0 Å². The molecule has 0 amide bonds. The summed E-state index contributed by atoms with van der Waals surface area (Å²) in [6, 6.07) is 0. The molecule has 0 saturated carbocycles. The smallest absolute Gasteiger partial charge is 0.250 e. The van der Waals surface area contributed by atoms with E-state index in [9.17, 15) is 0 Å². The molecule has 2 nitrogen and oxygen atoms in total. The maximum absolute atomic E-state index is 6.76. The minimum absolute atomic E-state index is 1.19. The summed E-state index contributed by atoms with van der Waals surface area (Å²) in [7, 11) is 0. The van der Waals surface area contributed by atoms with Gasteiger partial charge in [0.05, 0.1) is 0 Å². The zero-order valence-corrected chi connectivity index (χ0v) is 2.68. The van der Waals surface area contributed by atoms with E-state index in [1.807, 2.05) is 0 Å². The Morgan fingerprint density at radius 1 is 2.00 bits per heavy atom. The number of nitrogens with one attached hydrogen (secondary N) is 2. The Kier molecular flexibility index (Phi) is 0.283. The molecule has 26 valence electrons. The fourth-order valence-corrected chi connectivity index (χ4v) is 0.215. The highest BCUT2D eigenvalue weighted by Crippen LogP contribution is 1.53. The normalized spacial score (nSPS) is 10.8. The Morgan fingerprint density at radius 2 is 3.00 bits per heavy atom. The first-order valence-corrected chi connectivity index (χ1v) is 1.43. The van der Waals surface area contributed by atoms with E-state index in [1.165, 1.54) is 4.98 Å². The van der Waals surface area contributed by atoms with Crippen molar-refractivity contribution in [3.05, 3.63) is 18.7 Å². The zero-order chi connectivity index (χ0) is 4.41. The van der Waals surface area contributed by atoms with Gasteiger partial charge in [0.1, 0.15) is 12.4 Å². The summed E-state index contributed by atoms with van der Waals surface area (Å²) in [6.45, 7) is 0. The number of hydrogen-bond donors (Lipinski definition) is 1. The summed E-state index contributed by atoms with van der Waals surface area (Å²) in [5.41, 5.74) is 0. The Bertz CT molecular complexity index is 112. The van der Waals surface area contributed by atoms with Crippen LogP contribution in [-0.2, 0) is 0 Å².